The molecule has 1 aromatic carbocycles. The highest BCUT2D eigenvalue weighted by atomic mass is 16.5. The first-order valence-corrected chi connectivity index (χ1v) is 10.8. The number of carbonyl (C=O) groups is 3. The molecule has 0 aromatic heterocycles. The fraction of sp³-hybridized carbons (Fsp3) is 0.609. The van der Waals surface area contributed by atoms with Crippen molar-refractivity contribution in [1.29, 1.82) is 0 Å². The van der Waals surface area contributed by atoms with Crippen molar-refractivity contribution in [3.63, 3.8) is 0 Å². The average molecular weight is 415 g/mol. The van der Waals surface area contributed by atoms with Crippen LogP contribution in [0.4, 0.5) is 4.79 Å². The number of carbonyl (C=O) groups excluding carboxylic acids is 3. The highest BCUT2D eigenvalue weighted by molar-refractivity contribution is 5.97. The number of esters is 1. The molecule has 30 heavy (non-hydrogen) atoms. The number of urea groups is 1. The third kappa shape index (κ3) is 4.67. The molecule has 4 bridgehead atoms. The molecule has 3 N–H and O–H groups in total. The van der Waals surface area contributed by atoms with Crippen LogP contribution >= 0.6 is 0 Å². The lowest BCUT2D eigenvalue weighted by Crippen LogP contribution is -2.56. The van der Waals surface area contributed by atoms with E-state index in [9.17, 15) is 19.5 Å². The summed E-state index contributed by atoms with van der Waals surface area (Å²) in [6.07, 6.45) is 4.54. The van der Waals surface area contributed by atoms with Gasteiger partial charge in [-0.3, -0.25) is 14.9 Å². The van der Waals surface area contributed by atoms with Gasteiger partial charge in [0.1, 0.15) is 0 Å². The van der Waals surface area contributed by atoms with Crippen LogP contribution in [0.15, 0.2) is 30.3 Å². The second-order valence-electron chi connectivity index (χ2n) is 9.65. The maximum atomic E-state index is 12.6. The molecule has 0 saturated heterocycles. The molecule has 0 heterocycles. The lowest BCUT2D eigenvalue weighted by atomic mass is 9.47. The minimum absolute atomic E-state index is 0.209. The van der Waals surface area contributed by atoms with E-state index in [0.29, 0.717) is 24.8 Å². The van der Waals surface area contributed by atoms with E-state index in [1.54, 1.807) is 0 Å². The molecule has 4 aliphatic rings. The summed E-state index contributed by atoms with van der Waals surface area (Å²) in [6.45, 7) is 1.76. The van der Waals surface area contributed by atoms with E-state index in [1.165, 1.54) is 6.92 Å². The molecule has 4 aliphatic carbocycles. The Balaban J connectivity index is 1.24. The van der Waals surface area contributed by atoms with Crippen molar-refractivity contribution < 1.29 is 24.2 Å². The van der Waals surface area contributed by atoms with Crippen molar-refractivity contribution in [2.24, 2.45) is 17.3 Å². The molecule has 0 spiro atoms. The van der Waals surface area contributed by atoms with Crippen LogP contribution in [0.2, 0.25) is 0 Å². The third-order valence-corrected chi connectivity index (χ3v) is 6.88. The van der Waals surface area contributed by atoms with E-state index in [-0.39, 0.29) is 11.8 Å². The number of hydrogen-bond acceptors (Lipinski definition) is 5. The van der Waals surface area contributed by atoms with Crippen molar-refractivity contribution in [2.75, 3.05) is 0 Å². The summed E-state index contributed by atoms with van der Waals surface area (Å²) in [7, 11) is 0. The predicted molar refractivity (Wildman–Crippen MR) is 109 cm³/mol. The van der Waals surface area contributed by atoms with Gasteiger partial charge in [-0.15, -0.1) is 0 Å². The number of benzene rings is 1. The monoisotopic (exact) mass is 414 g/mol. The zero-order valence-electron chi connectivity index (χ0n) is 17.4. The second-order valence-corrected chi connectivity index (χ2v) is 9.65. The molecule has 3 unspecified atom stereocenters. The van der Waals surface area contributed by atoms with E-state index in [1.807, 2.05) is 30.3 Å². The number of hydrogen-bond donors (Lipinski definition) is 3. The standard InChI is InChI=1S/C23H30N2O5/c1-15(20(27)25-21(28)24-13-16-5-3-2-4-6-16)30-19(26)12-22-8-17-7-18(9-22)11-23(29,10-17)14-22/h2-6,15,17-18,29H,7-14H2,1H3,(H2,24,25,27,28). The fourth-order valence-electron chi connectivity index (χ4n) is 6.24. The maximum Gasteiger partial charge on any atom is 0.321 e. The number of amides is 3. The second kappa shape index (κ2) is 8.02. The highest BCUT2D eigenvalue weighted by Gasteiger charge is 2.57. The number of nitrogens with one attached hydrogen (secondary N) is 2. The van der Waals surface area contributed by atoms with E-state index < -0.39 is 29.6 Å². The first-order chi connectivity index (χ1) is 14.2. The molecule has 4 saturated carbocycles. The van der Waals surface area contributed by atoms with Crippen LogP contribution in [-0.4, -0.2) is 34.7 Å². The van der Waals surface area contributed by atoms with Crippen LogP contribution in [0.25, 0.3) is 0 Å². The Morgan fingerprint density at radius 3 is 2.43 bits per heavy atom. The van der Waals surface area contributed by atoms with Gasteiger partial charge in [-0.1, -0.05) is 30.3 Å². The predicted octanol–water partition coefficient (Wildman–Crippen LogP) is 2.67. The molecule has 7 heteroatoms. The smallest absolute Gasteiger partial charge is 0.321 e. The van der Waals surface area contributed by atoms with Crippen LogP contribution < -0.4 is 10.6 Å². The van der Waals surface area contributed by atoms with Gasteiger partial charge in [0.2, 0.25) is 0 Å². The summed E-state index contributed by atoms with van der Waals surface area (Å²) >= 11 is 0. The Morgan fingerprint density at radius 2 is 1.80 bits per heavy atom. The first kappa shape index (κ1) is 20.8. The molecular formula is C23H30N2O5. The Morgan fingerprint density at radius 1 is 1.13 bits per heavy atom. The first-order valence-electron chi connectivity index (χ1n) is 10.8. The van der Waals surface area contributed by atoms with Gasteiger partial charge in [0.05, 0.1) is 12.0 Å². The van der Waals surface area contributed by atoms with Crippen molar-refractivity contribution in [3.05, 3.63) is 35.9 Å². The zero-order valence-corrected chi connectivity index (χ0v) is 17.4. The van der Waals surface area contributed by atoms with E-state index in [2.05, 4.69) is 10.6 Å². The Bertz CT molecular complexity index is 810. The van der Waals surface area contributed by atoms with Gasteiger partial charge in [0.25, 0.3) is 5.91 Å². The Hall–Kier alpha value is -2.41. The number of rotatable bonds is 6. The van der Waals surface area contributed by atoms with Crippen LogP contribution in [0.3, 0.4) is 0 Å². The third-order valence-electron chi connectivity index (χ3n) is 6.88. The topological polar surface area (TPSA) is 105 Å². The van der Waals surface area contributed by atoms with Gasteiger partial charge < -0.3 is 15.2 Å². The summed E-state index contributed by atoms with van der Waals surface area (Å²) < 4.78 is 5.34. The lowest BCUT2D eigenvalue weighted by Gasteiger charge is -2.60. The van der Waals surface area contributed by atoms with Crippen molar-refractivity contribution >= 4 is 17.9 Å². The number of imide groups is 1. The molecule has 0 radical (unpaired) electrons. The van der Waals surface area contributed by atoms with Crippen molar-refractivity contribution in [3.8, 4) is 0 Å². The van der Waals surface area contributed by atoms with Gasteiger partial charge in [-0.05, 0) is 68.3 Å². The van der Waals surface area contributed by atoms with Crippen molar-refractivity contribution in [1.82, 2.24) is 10.6 Å². The summed E-state index contributed by atoms with van der Waals surface area (Å²) in [6, 6.07) is 8.72. The maximum absolute atomic E-state index is 12.6. The van der Waals surface area contributed by atoms with Crippen molar-refractivity contribution in [2.45, 2.75) is 70.1 Å². The van der Waals surface area contributed by atoms with Gasteiger partial charge >= 0.3 is 12.0 Å². The molecule has 4 fully saturated rings. The lowest BCUT2D eigenvalue weighted by molar-refractivity contribution is -0.180. The van der Waals surface area contributed by atoms with Gasteiger partial charge in [-0.25, -0.2) is 4.79 Å². The largest absolute Gasteiger partial charge is 0.453 e. The minimum Gasteiger partial charge on any atom is -0.453 e. The van der Waals surface area contributed by atoms with Gasteiger partial charge in [0, 0.05) is 6.54 Å². The summed E-state index contributed by atoms with van der Waals surface area (Å²) in [5, 5.41) is 15.6. The Kier molecular flexibility index (Phi) is 5.57. The van der Waals surface area contributed by atoms with E-state index >= 15 is 0 Å². The molecule has 7 nitrogen and oxygen atoms in total. The molecular weight excluding hydrogens is 384 g/mol. The molecule has 162 valence electrons. The van der Waals surface area contributed by atoms with Crippen LogP contribution in [-0.2, 0) is 20.9 Å². The summed E-state index contributed by atoms with van der Waals surface area (Å²) in [5.41, 5.74) is 0.0698. The highest BCUT2D eigenvalue weighted by Crippen LogP contribution is 2.62. The molecule has 5 rings (SSSR count). The molecule has 3 amide bonds. The van der Waals surface area contributed by atoms with Gasteiger partial charge in [-0.2, -0.15) is 0 Å². The summed E-state index contributed by atoms with van der Waals surface area (Å²) in [4.78, 5) is 36.7. The Labute approximate surface area is 176 Å². The average Bonchev–Trinajstić information content (AvgIpc) is 2.64. The SMILES string of the molecule is CC(OC(=O)CC12CC3CC(CC(O)(C3)C1)C2)C(=O)NC(=O)NCc1ccccc1. The molecule has 3 atom stereocenters. The zero-order chi connectivity index (χ0) is 21.4. The molecule has 1 aromatic rings. The van der Waals surface area contributed by atoms with Crippen LogP contribution in [0.1, 0.15) is 57.4 Å². The van der Waals surface area contributed by atoms with Crippen LogP contribution in [0.5, 0.6) is 0 Å². The quantitative estimate of drug-likeness (QED) is 0.621. The van der Waals surface area contributed by atoms with Crippen LogP contribution in [0, 0.1) is 17.3 Å². The van der Waals surface area contributed by atoms with E-state index in [0.717, 1.165) is 37.7 Å². The number of aliphatic hydroxyl groups is 1. The van der Waals surface area contributed by atoms with E-state index in [4.69, 9.17) is 4.74 Å². The normalized spacial score (nSPS) is 32.3. The minimum atomic E-state index is -1.06. The molecule has 0 aliphatic heterocycles. The van der Waals surface area contributed by atoms with Gasteiger partial charge in [0.15, 0.2) is 6.10 Å². The summed E-state index contributed by atoms with van der Waals surface area (Å²) in [5.74, 6) is -0.123. The number of ether oxygens (including phenoxy) is 1. The fourth-order valence-corrected chi connectivity index (χ4v) is 6.24.